The van der Waals surface area contributed by atoms with Crippen LogP contribution in [-0.4, -0.2) is 4.57 Å². The first kappa shape index (κ1) is 48.0. The Balaban J connectivity index is 0.818. The molecule has 1 spiro atoms. The number of nitrogens with zero attached hydrogens (tertiary/aromatic N) is 2. The largest absolute Gasteiger partial charge is 0.310 e. The van der Waals surface area contributed by atoms with Gasteiger partial charge in [0, 0.05) is 38.9 Å². The van der Waals surface area contributed by atoms with Crippen LogP contribution in [0.5, 0.6) is 0 Å². The third kappa shape index (κ3) is 6.43. The van der Waals surface area contributed by atoms with Gasteiger partial charge in [-0.3, -0.25) is 0 Å². The molecule has 18 rings (SSSR count). The molecule has 0 N–H and O–H groups in total. The second kappa shape index (κ2) is 17.7. The number of para-hydroxylation sites is 1. The lowest BCUT2D eigenvalue weighted by molar-refractivity contribution is 0.660. The summed E-state index contributed by atoms with van der Waals surface area (Å²) in [6, 6.07) is 115. The molecule has 0 radical (unpaired) electrons. The van der Waals surface area contributed by atoms with Gasteiger partial charge < -0.3 is 9.47 Å². The van der Waals surface area contributed by atoms with Crippen molar-refractivity contribution in [3.05, 3.63) is 359 Å². The molecule has 14 aromatic rings. The molecule has 398 valence electrons. The third-order valence-corrected chi connectivity index (χ3v) is 19.9. The van der Waals surface area contributed by atoms with Crippen LogP contribution in [0.15, 0.2) is 303 Å². The van der Waals surface area contributed by atoms with Gasteiger partial charge in [-0.15, -0.1) is 0 Å². The maximum atomic E-state index is 2.52. The first-order valence-corrected chi connectivity index (χ1v) is 29.9. The Morgan fingerprint density at radius 1 is 0.259 bits per heavy atom. The number of aromatic nitrogens is 1. The normalized spacial score (nSPS) is 14.5. The third-order valence-electron chi connectivity index (χ3n) is 19.9. The molecule has 0 aliphatic heterocycles. The molecular weight excluding hydrogens is 1020 g/mol. The Morgan fingerprint density at radius 3 is 1.19 bits per heavy atom. The monoisotopic (exact) mass is 1080 g/mol. The van der Waals surface area contributed by atoms with E-state index in [0.29, 0.717) is 0 Å². The highest BCUT2D eigenvalue weighted by Gasteiger charge is 2.52. The minimum Gasteiger partial charge on any atom is -0.310 e. The van der Waals surface area contributed by atoms with Crippen LogP contribution >= 0.6 is 0 Å². The molecule has 0 fully saturated rings. The van der Waals surface area contributed by atoms with E-state index in [-0.39, 0.29) is 5.41 Å². The number of benzene rings is 13. The maximum absolute atomic E-state index is 2.52. The van der Waals surface area contributed by atoms with Crippen LogP contribution in [0.3, 0.4) is 0 Å². The van der Waals surface area contributed by atoms with Crippen LogP contribution in [0.1, 0.15) is 69.5 Å². The van der Waals surface area contributed by atoms with Gasteiger partial charge in [0.1, 0.15) is 0 Å². The van der Waals surface area contributed by atoms with Crippen molar-refractivity contribution in [2.75, 3.05) is 4.90 Å². The standard InChI is InChI=1S/C83H56N2/c1-81(2)71-31-15-9-25-61(71)67-45-43-59(51-77(67)81)84(60-44-46-68-66-30-14-20-36-76(66)83(78(68)52-60)74-34-18-12-28-64(74)65-29-13-19-35-75(65)83)58-41-37-53(38-42-58)54-39-47-79-69(49-54)70-50-56(40-48-80(70)85(79)57-23-7-4-8-24-57)82(55-21-5-3-6-22-55)72-32-16-10-26-62(72)63-27-11-17-33-73(63)82/h3-52H,1-2H3. The smallest absolute Gasteiger partial charge is 0.0726 e. The van der Waals surface area contributed by atoms with Gasteiger partial charge in [-0.2, -0.15) is 0 Å². The molecular formula is C83H56N2. The Hall–Kier alpha value is -10.5. The Morgan fingerprint density at radius 2 is 0.647 bits per heavy atom. The van der Waals surface area contributed by atoms with Crippen molar-refractivity contribution in [3.8, 4) is 61.3 Å². The summed E-state index contributed by atoms with van der Waals surface area (Å²) in [6.45, 7) is 4.77. The molecule has 0 saturated heterocycles. The molecule has 4 aliphatic rings. The van der Waals surface area contributed by atoms with E-state index in [1.54, 1.807) is 0 Å². The van der Waals surface area contributed by atoms with Gasteiger partial charge in [-0.1, -0.05) is 244 Å². The van der Waals surface area contributed by atoms with Crippen LogP contribution < -0.4 is 4.90 Å². The predicted molar refractivity (Wildman–Crippen MR) is 352 cm³/mol. The topological polar surface area (TPSA) is 8.17 Å². The average Bonchev–Trinajstić information content (AvgIpc) is 1.57. The second-order valence-electron chi connectivity index (χ2n) is 24.2. The summed E-state index contributed by atoms with van der Waals surface area (Å²) >= 11 is 0. The number of rotatable bonds is 7. The van der Waals surface area contributed by atoms with Crippen molar-refractivity contribution in [3.63, 3.8) is 0 Å². The summed E-state index contributed by atoms with van der Waals surface area (Å²) in [5.74, 6) is 0. The van der Waals surface area contributed by atoms with E-state index >= 15 is 0 Å². The number of hydrogen-bond acceptors (Lipinski definition) is 1. The SMILES string of the molecule is CC1(C)c2ccccc2-c2ccc(N(c3ccc(-c4ccc5c(c4)c4cc(C6(c7ccccc7)c7ccccc7-c7ccccc76)ccc4n5-c4ccccc4)cc3)c3ccc4c(c3)C3(c5ccccc5-c5ccccc53)c3ccccc3-4)cc21. The van der Waals surface area contributed by atoms with E-state index in [4.69, 9.17) is 0 Å². The van der Waals surface area contributed by atoms with Crippen molar-refractivity contribution < 1.29 is 0 Å². The maximum Gasteiger partial charge on any atom is 0.0726 e. The molecule has 2 heteroatoms. The summed E-state index contributed by atoms with van der Waals surface area (Å²) in [7, 11) is 0. The van der Waals surface area contributed by atoms with Gasteiger partial charge in [0.25, 0.3) is 0 Å². The minimum absolute atomic E-state index is 0.171. The lowest BCUT2D eigenvalue weighted by Gasteiger charge is -2.34. The van der Waals surface area contributed by atoms with E-state index in [2.05, 4.69) is 327 Å². The van der Waals surface area contributed by atoms with Gasteiger partial charge in [0.2, 0.25) is 0 Å². The van der Waals surface area contributed by atoms with Crippen LogP contribution in [0.2, 0.25) is 0 Å². The highest BCUT2D eigenvalue weighted by atomic mass is 15.1. The fourth-order valence-corrected chi connectivity index (χ4v) is 16.3. The van der Waals surface area contributed by atoms with E-state index < -0.39 is 10.8 Å². The fourth-order valence-electron chi connectivity index (χ4n) is 16.3. The Labute approximate surface area is 495 Å². The van der Waals surface area contributed by atoms with Crippen LogP contribution in [-0.2, 0) is 16.2 Å². The molecule has 4 aliphatic carbocycles. The van der Waals surface area contributed by atoms with Gasteiger partial charge >= 0.3 is 0 Å². The predicted octanol–water partition coefficient (Wildman–Crippen LogP) is 20.9. The van der Waals surface area contributed by atoms with Crippen molar-refractivity contribution in [2.45, 2.75) is 30.1 Å². The van der Waals surface area contributed by atoms with Crippen molar-refractivity contribution in [2.24, 2.45) is 0 Å². The summed E-state index contributed by atoms with van der Waals surface area (Å²) in [6.07, 6.45) is 0. The van der Waals surface area contributed by atoms with Gasteiger partial charge in [0.15, 0.2) is 0 Å². The second-order valence-corrected chi connectivity index (χ2v) is 24.2. The molecule has 0 saturated carbocycles. The van der Waals surface area contributed by atoms with E-state index in [1.807, 2.05) is 0 Å². The first-order chi connectivity index (χ1) is 41.9. The summed E-state index contributed by atoms with van der Waals surface area (Å²) in [5.41, 5.74) is 31.7. The summed E-state index contributed by atoms with van der Waals surface area (Å²) < 4.78 is 2.45. The molecule has 0 bridgehead atoms. The minimum atomic E-state index is -0.517. The van der Waals surface area contributed by atoms with Crippen molar-refractivity contribution in [1.29, 1.82) is 0 Å². The molecule has 0 amide bonds. The molecule has 0 atom stereocenters. The van der Waals surface area contributed by atoms with Crippen molar-refractivity contribution >= 4 is 38.9 Å². The van der Waals surface area contributed by atoms with Crippen molar-refractivity contribution in [1.82, 2.24) is 4.57 Å². The number of anilines is 3. The lowest BCUT2D eigenvalue weighted by Crippen LogP contribution is -2.28. The fraction of sp³-hybridized carbons (Fsp3) is 0.0602. The summed E-state index contributed by atoms with van der Waals surface area (Å²) in [5, 5.41) is 2.44. The zero-order valence-corrected chi connectivity index (χ0v) is 47.3. The highest BCUT2D eigenvalue weighted by Crippen LogP contribution is 2.64. The van der Waals surface area contributed by atoms with Gasteiger partial charge in [-0.05, 0) is 184 Å². The van der Waals surface area contributed by atoms with Crippen LogP contribution in [0.25, 0.3) is 83.1 Å². The van der Waals surface area contributed by atoms with Crippen LogP contribution in [0.4, 0.5) is 17.1 Å². The molecule has 85 heavy (non-hydrogen) atoms. The quantitative estimate of drug-likeness (QED) is 0.154. The molecule has 1 heterocycles. The summed E-state index contributed by atoms with van der Waals surface area (Å²) in [4.78, 5) is 2.51. The zero-order valence-electron chi connectivity index (χ0n) is 47.3. The first-order valence-electron chi connectivity index (χ1n) is 29.9. The highest BCUT2D eigenvalue weighted by molar-refractivity contribution is 6.11. The van der Waals surface area contributed by atoms with E-state index in [9.17, 15) is 0 Å². The van der Waals surface area contributed by atoms with E-state index in [0.717, 1.165) is 28.3 Å². The number of fused-ring (bicyclic) bond motifs is 19. The molecule has 2 nitrogen and oxygen atoms in total. The zero-order chi connectivity index (χ0) is 56.2. The van der Waals surface area contributed by atoms with Crippen LogP contribution in [0, 0.1) is 0 Å². The average molecular weight is 1080 g/mol. The Kier molecular flexibility index (Phi) is 10.0. The Bertz CT molecular complexity index is 4990. The number of hydrogen-bond donors (Lipinski definition) is 0. The van der Waals surface area contributed by atoms with E-state index in [1.165, 1.54) is 128 Å². The lowest BCUT2D eigenvalue weighted by atomic mass is 9.67. The molecule has 1 aromatic heterocycles. The van der Waals surface area contributed by atoms with Gasteiger partial charge in [0.05, 0.1) is 21.9 Å². The van der Waals surface area contributed by atoms with Gasteiger partial charge in [-0.25, -0.2) is 0 Å². The molecule has 0 unspecified atom stereocenters. The molecule has 13 aromatic carbocycles.